The standard InChI is InChI=1S/C25H36N2O2/c1-6-17-10-16(3)13-25(7-2,14-17)22(28)12-21-20-9-8-18(23(26)29)11-19(20)15-24(4,5)27-21/h8-9,11-12,16-17,27H,6-7,10,13-15H2,1-5H3,(H2,26,29)/b21-12-. The molecule has 2 aliphatic rings. The first-order valence-corrected chi connectivity index (χ1v) is 11.1. The smallest absolute Gasteiger partial charge is 0.248 e. The highest BCUT2D eigenvalue weighted by Gasteiger charge is 2.42. The van der Waals surface area contributed by atoms with E-state index in [4.69, 9.17) is 5.73 Å². The lowest BCUT2D eigenvalue weighted by Gasteiger charge is -2.42. The van der Waals surface area contributed by atoms with Crippen molar-refractivity contribution in [3.63, 3.8) is 0 Å². The zero-order chi connectivity index (χ0) is 21.4. The van der Waals surface area contributed by atoms with Gasteiger partial charge in [-0.1, -0.05) is 33.3 Å². The zero-order valence-corrected chi connectivity index (χ0v) is 18.6. The summed E-state index contributed by atoms with van der Waals surface area (Å²) in [5.74, 6) is 1.03. The van der Waals surface area contributed by atoms with E-state index in [1.807, 2.05) is 18.2 Å². The van der Waals surface area contributed by atoms with E-state index in [2.05, 4.69) is 39.9 Å². The molecule has 1 aromatic rings. The molecule has 3 N–H and O–H groups in total. The Morgan fingerprint density at radius 2 is 1.97 bits per heavy atom. The largest absolute Gasteiger partial charge is 0.379 e. The molecule has 1 fully saturated rings. The van der Waals surface area contributed by atoms with Gasteiger partial charge in [0.05, 0.1) is 0 Å². The van der Waals surface area contributed by atoms with Gasteiger partial charge in [0.2, 0.25) is 5.91 Å². The van der Waals surface area contributed by atoms with Crippen LogP contribution in [0.3, 0.4) is 0 Å². The van der Waals surface area contributed by atoms with Gasteiger partial charge in [0.25, 0.3) is 0 Å². The Labute approximate surface area is 175 Å². The van der Waals surface area contributed by atoms with Crippen LogP contribution >= 0.6 is 0 Å². The molecule has 29 heavy (non-hydrogen) atoms. The maximum Gasteiger partial charge on any atom is 0.248 e. The average molecular weight is 397 g/mol. The highest BCUT2D eigenvalue weighted by molar-refractivity contribution is 6.01. The number of benzene rings is 1. The minimum atomic E-state index is -0.419. The predicted molar refractivity (Wildman–Crippen MR) is 118 cm³/mol. The normalized spacial score (nSPS) is 29.8. The summed E-state index contributed by atoms with van der Waals surface area (Å²) in [6, 6.07) is 5.56. The summed E-state index contributed by atoms with van der Waals surface area (Å²) in [5.41, 5.74) is 8.48. The summed E-state index contributed by atoms with van der Waals surface area (Å²) >= 11 is 0. The Hall–Kier alpha value is -2.10. The van der Waals surface area contributed by atoms with Crippen molar-refractivity contribution in [3.8, 4) is 0 Å². The number of carbonyl (C=O) groups is 2. The van der Waals surface area contributed by atoms with Gasteiger partial charge in [-0.25, -0.2) is 0 Å². The van der Waals surface area contributed by atoms with Crippen LogP contribution in [0, 0.1) is 17.3 Å². The molecule has 1 amide bonds. The molecular weight excluding hydrogens is 360 g/mol. The summed E-state index contributed by atoms with van der Waals surface area (Å²) in [6.45, 7) is 10.9. The fourth-order valence-electron chi connectivity index (χ4n) is 5.52. The number of rotatable bonds is 5. The fourth-order valence-corrected chi connectivity index (χ4v) is 5.52. The molecule has 1 aliphatic carbocycles. The summed E-state index contributed by atoms with van der Waals surface area (Å²) in [5, 5.41) is 3.57. The maximum atomic E-state index is 13.6. The van der Waals surface area contributed by atoms with Gasteiger partial charge in [0.15, 0.2) is 5.78 Å². The summed E-state index contributed by atoms with van der Waals surface area (Å²) < 4.78 is 0. The molecule has 1 aliphatic heterocycles. The van der Waals surface area contributed by atoms with Gasteiger partial charge in [0.1, 0.15) is 0 Å². The van der Waals surface area contributed by atoms with E-state index < -0.39 is 5.91 Å². The van der Waals surface area contributed by atoms with E-state index >= 15 is 0 Å². The molecule has 0 radical (unpaired) electrons. The molecule has 3 unspecified atom stereocenters. The Morgan fingerprint density at radius 1 is 1.24 bits per heavy atom. The van der Waals surface area contributed by atoms with Crippen LogP contribution < -0.4 is 11.1 Å². The van der Waals surface area contributed by atoms with Crippen LogP contribution in [0.25, 0.3) is 5.70 Å². The highest BCUT2D eigenvalue weighted by Crippen LogP contribution is 2.47. The van der Waals surface area contributed by atoms with Gasteiger partial charge >= 0.3 is 0 Å². The van der Waals surface area contributed by atoms with Crippen LogP contribution in [0.15, 0.2) is 24.3 Å². The Morgan fingerprint density at radius 3 is 2.59 bits per heavy atom. The summed E-state index contributed by atoms with van der Waals surface area (Å²) in [4.78, 5) is 25.3. The third kappa shape index (κ3) is 4.41. The number of primary amides is 1. The lowest BCUT2D eigenvalue weighted by Crippen LogP contribution is -2.45. The Balaban J connectivity index is 2.00. The molecule has 0 saturated heterocycles. The molecule has 4 heteroatoms. The second-order valence-electron chi connectivity index (χ2n) is 10.0. The van der Waals surface area contributed by atoms with Gasteiger partial charge in [-0.05, 0) is 75.5 Å². The van der Waals surface area contributed by atoms with Gasteiger partial charge < -0.3 is 11.1 Å². The molecule has 0 bridgehead atoms. The minimum Gasteiger partial charge on any atom is -0.379 e. The minimum absolute atomic E-state index is 0.194. The van der Waals surface area contributed by atoms with E-state index in [0.29, 0.717) is 17.4 Å². The zero-order valence-electron chi connectivity index (χ0n) is 18.6. The van der Waals surface area contributed by atoms with E-state index in [1.54, 1.807) is 6.07 Å². The third-order valence-electron chi connectivity index (χ3n) is 6.99. The number of hydrogen-bond acceptors (Lipinski definition) is 3. The van der Waals surface area contributed by atoms with E-state index in [-0.39, 0.29) is 16.7 Å². The number of carbonyl (C=O) groups excluding carboxylic acids is 2. The van der Waals surface area contributed by atoms with Crippen LogP contribution in [-0.2, 0) is 11.2 Å². The van der Waals surface area contributed by atoms with Crippen LogP contribution in [0.5, 0.6) is 0 Å². The molecule has 1 heterocycles. The first-order chi connectivity index (χ1) is 13.6. The quantitative estimate of drug-likeness (QED) is 0.698. The third-order valence-corrected chi connectivity index (χ3v) is 6.99. The molecule has 1 aromatic carbocycles. The summed E-state index contributed by atoms with van der Waals surface area (Å²) in [7, 11) is 0. The monoisotopic (exact) mass is 396 g/mol. The lowest BCUT2D eigenvalue weighted by atomic mass is 9.62. The van der Waals surface area contributed by atoms with E-state index in [1.165, 1.54) is 6.42 Å². The average Bonchev–Trinajstić information content (AvgIpc) is 2.65. The number of amides is 1. The van der Waals surface area contributed by atoms with E-state index in [9.17, 15) is 9.59 Å². The molecule has 1 saturated carbocycles. The molecular formula is C25H36N2O2. The number of nitrogens with one attached hydrogen (secondary N) is 1. The van der Waals surface area contributed by atoms with Crippen molar-refractivity contribution < 1.29 is 9.59 Å². The number of fused-ring (bicyclic) bond motifs is 1. The lowest BCUT2D eigenvalue weighted by molar-refractivity contribution is -0.128. The van der Waals surface area contributed by atoms with Crippen molar-refractivity contribution in [2.75, 3.05) is 0 Å². The van der Waals surface area contributed by atoms with Crippen molar-refractivity contribution in [3.05, 3.63) is 41.0 Å². The van der Waals surface area contributed by atoms with E-state index in [0.717, 1.165) is 48.9 Å². The van der Waals surface area contributed by atoms with Crippen molar-refractivity contribution in [1.82, 2.24) is 5.32 Å². The predicted octanol–water partition coefficient (Wildman–Crippen LogP) is 4.86. The number of allylic oxidation sites excluding steroid dienone is 1. The Kier molecular flexibility index (Phi) is 5.93. The van der Waals surface area contributed by atoms with Gasteiger partial charge in [0, 0.05) is 33.9 Å². The van der Waals surface area contributed by atoms with Crippen molar-refractivity contribution in [2.24, 2.45) is 23.0 Å². The first kappa shape index (κ1) is 21.6. The Bertz CT molecular complexity index is 839. The topological polar surface area (TPSA) is 72.2 Å². The number of ketones is 1. The summed E-state index contributed by atoms with van der Waals surface area (Å²) in [6.07, 6.45) is 7.84. The van der Waals surface area contributed by atoms with Crippen LogP contribution in [0.1, 0.15) is 88.2 Å². The number of nitrogens with two attached hydrogens (primary N) is 1. The molecule has 0 aromatic heterocycles. The maximum absolute atomic E-state index is 13.6. The molecule has 3 atom stereocenters. The van der Waals surface area contributed by atoms with Gasteiger partial charge in [-0.3, -0.25) is 9.59 Å². The first-order valence-electron chi connectivity index (χ1n) is 11.1. The SMILES string of the molecule is CCC1CC(C)CC(CC)(C(=O)/C=C2\NC(C)(C)Cc3cc(C(N)=O)ccc32)C1. The number of hydrogen-bond donors (Lipinski definition) is 2. The van der Waals surface area contributed by atoms with Crippen molar-refractivity contribution >= 4 is 17.4 Å². The fraction of sp³-hybridized carbons (Fsp3) is 0.600. The molecule has 3 rings (SSSR count). The second kappa shape index (κ2) is 7.97. The molecule has 158 valence electrons. The highest BCUT2D eigenvalue weighted by atomic mass is 16.1. The molecule has 4 nitrogen and oxygen atoms in total. The van der Waals surface area contributed by atoms with Crippen LogP contribution in [-0.4, -0.2) is 17.2 Å². The van der Waals surface area contributed by atoms with Gasteiger partial charge in [-0.15, -0.1) is 0 Å². The second-order valence-corrected chi connectivity index (χ2v) is 10.0. The van der Waals surface area contributed by atoms with Crippen LogP contribution in [0.2, 0.25) is 0 Å². The molecule has 0 spiro atoms. The van der Waals surface area contributed by atoms with Crippen LogP contribution in [0.4, 0.5) is 0 Å². The van der Waals surface area contributed by atoms with Crippen molar-refractivity contribution in [1.29, 1.82) is 0 Å². The van der Waals surface area contributed by atoms with Crippen molar-refractivity contribution in [2.45, 2.75) is 78.7 Å². The van der Waals surface area contributed by atoms with Gasteiger partial charge in [-0.2, -0.15) is 0 Å².